The van der Waals surface area contributed by atoms with Gasteiger partial charge >= 0.3 is 0 Å². The quantitative estimate of drug-likeness (QED) is 0.805. The Labute approximate surface area is 119 Å². The fourth-order valence-electron chi connectivity index (χ4n) is 2.14. The van der Waals surface area contributed by atoms with Crippen LogP contribution in [0.4, 0.5) is 0 Å². The smallest absolute Gasteiger partial charge is 0.119 e. The van der Waals surface area contributed by atoms with E-state index in [1.54, 1.807) is 0 Å². The van der Waals surface area contributed by atoms with Crippen LogP contribution >= 0.6 is 11.8 Å². The van der Waals surface area contributed by atoms with Crippen LogP contribution in [0, 0.1) is 0 Å². The number of thioether (sulfide) groups is 1. The van der Waals surface area contributed by atoms with Crippen LogP contribution in [0.3, 0.4) is 0 Å². The van der Waals surface area contributed by atoms with Gasteiger partial charge in [-0.15, -0.1) is 0 Å². The van der Waals surface area contributed by atoms with Gasteiger partial charge < -0.3 is 15.2 Å². The molecule has 2 rings (SSSR count). The first-order chi connectivity index (χ1) is 9.22. The first-order valence-corrected chi connectivity index (χ1v) is 8.10. The summed E-state index contributed by atoms with van der Waals surface area (Å²) in [6, 6.07) is 8.15. The third-order valence-electron chi connectivity index (χ3n) is 3.24. The second-order valence-corrected chi connectivity index (χ2v) is 6.23. The lowest BCUT2D eigenvalue weighted by atomic mass is 10.0. The standard InChI is InChI=1S/C15H23NO2S/c1-2-7-18-14-5-3-4-13(9-14)10-16-11-15(17)6-8-19-12-15/h3-5,9,16-17H,2,6-8,10-12H2,1H3. The van der Waals surface area contributed by atoms with Gasteiger partial charge in [-0.25, -0.2) is 0 Å². The summed E-state index contributed by atoms with van der Waals surface area (Å²) in [6.07, 6.45) is 1.91. The highest BCUT2D eigenvalue weighted by Gasteiger charge is 2.30. The molecule has 1 saturated heterocycles. The van der Waals surface area contributed by atoms with Crippen LogP contribution in [0.2, 0.25) is 0 Å². The Bertz CT molecular complexity index is 391. The minimum absolute atomic E-state index is 0.513. The summed E-state index contributed by atoms with van der Waals surface area (Å²) in [4.78, 5) is 0. The largest absolute Gasteiger partial charge is 0.494 e. The predicted octanol–water partition coefficient (Wildman–Crippen LogP) is 2.43. The third kappa shape index (κ3) is 4.71. The molecular weight excluding hydrogens is 258 g/mol. The fraction of sp³-hybridized carbons (Fsp3) is 0.600. The monoisotopic (exact) mass is 281 g/mol. The average Bonchev–Trinajstić information content (AvgIpc) is 2.84. The van der Waals surface area contributed by atoms with Gasteiger partial charge in [0.05, 0.1) is 12.2 Å². The molecule has 0 spiro atoms. The number of hydrogen-bond acceptors (Lipinski definition) is 4. The van der Waals surface area contributed by atoms with Crippen LogP contribution in [-0.2, 0) is 6.54 Å². The molecule has 1 heterocycles. The highest BCUT2D eigenvalue weighted by Crippen LogP contribution is 2.27. The zero-order valence-corrected chi connectivity index (χ0v) is 12.3. The molecule has 1 aliphatic rings. The fourth-order valence-corrected chi connectivity index (χ4v) is 3.44. The number of rotatable bonds is 7. The van der Waals surface area contributed by atoms with Crippen molar-refractivity contribution in [3.8, 4) is 5.75 Å². The molecule has 1 aromatic carbocycles. The SMILES string of the molecule is CCCOc1cccc(CNCC2(O)CCSC2)c1. The maximum absolute atomic E-state index is 10.2. The van der Waals surface area contributed by atoms with Crippen molar-refractivity contribution in [2.75, 3.05) is 24.7 Å². The summed E-state index contributed by atoms with van der Waals surface area (Å²) in [7, 11) is 0. The maximum atomic E-state index is 10.2. The minimum atomic E-state index is -0.513. The van der Waals surface area contributed by atoms with E-state index in [1.807, 2.05) is 23.9 Å². The summed E-state index contributed by atoms with van der Waals surface area (Å²) in [5.41, 5.74) is 0.684. The summed E-state index contributed by atoms with van der Waals surface area (Å²) >= 11 is 1.83. The molecule has 0 bridgehead atoms. The Morgan fingerprint density at radius 2 is 2.37 bits per heavy atom. The van der Waals surface area contributed by atoms with Crippen LogP contribution in [0.25, 0.3) is 0 Å². The van der Waals surface area contributed by atoms with E-state index < -0.39 is 5.60 Å². The number of nitrogens with one attached hydrogen (secondary N) is 1. The molecule has 0 amide bonds. The minimum Gasteiger partial charge on any atom is -0.494 e. The van der Waals surface area contributed by atoms with Crippen molar-refractivity contribution in [3.05, 3.63) is 29.8 Å². The van der Waals surface area contributed by atoms with Crippen molar-refractivity contribution in [1.82, 2.24) is 5.32 Å². The van der Waals surface area contributed by atoms with E-state index in [0.29, 0.717) is 6.54 Å². The van der Waals surface area contributed by atoms with Gasteiger partial charge in [-0.2, -0.15) is 11.8 Å². The van der Waals surface area contributed by atoms with Gasteiger partial charge in [-0.1, -0.05) is 19.1 Å². The summed E-state index contributed by atoms with van der Waals surface area (Å²) < 4.78 is 5.61. The molecule has 0 aromatic heterocycles. The zero-order valence-electron chi connectivity index (χ0n) is 11.5. The Morgan fingerprint density at radius 1 is 1.47 bits per heavy atom. The van der Waals surface area contributed by atoms with E-state index in [2.05, 4.69) is 24.4 Å². The van der Waals surface area contributed by atoms with Gasteiger partial charge in [0.25, 0.3) is 0 Å². The van der Waals surface area contributed by atoms with Crippen LogP contribution in [0.15, 0.2) is 24.3 Å². The van der Waals surface area contributed by atoms with Gasteiger partial charge in [-0.05, 0) is 36.3 Å². The molecule has 19 heavy (non-hydrogen) atoms. The second-order valence-electron chi connectivity index (χ2n) is 5.13. The normalized spacial score (nSPS) is 22.6. The Balaban J connectivity index is 1.78. The highest BCUT2D eigenvalue weighted by molar-refractivity contribution is 7.99. The van der Waals surface area contributed by atoms with E-state index in [-0.39, 0.29) is 0 Å². The van der Waals surface area contributed by atoms with Gasteiger partial charge in [0.1, 0.15) is 5.75 Å². The maximum Gasteiger partial charge on any atom is 0.119 e. The molecule has 0 saturated carbocycles. The highest BCUT2D eigenvalue weighted by atomic mass is 32.2. The van der Waals surface area contributed by atoms with Crippen LogP contribution < -0.4 is 10.1 Å². The van der Waals surface area contributed by atoms with Crippen LogP contribution in [0.1, 0.15) is 25.3 Å². The molecule has 1 unspecified atom stereocenters. The van der Waals surface area contributed by atoms with Crippen molar-refractivity contribution in [1.29, 1.82) is 0 Å². The van der Waals surface area contributed by atoms with E-state index >= 15 is 0 Å². The molecule has 106 valence electrons. The van der Waals surface area contributed by atoms with Crippen LogP contribution in [0.5, 0.6) is 5.75 Å². The number of aliphatic hydroxyl groups is 1. The molecule has 1 aliphatic heterocycles. The van der Waals surface area contributed by atoms with E-state index in [9.17, 15) is 5.11 Å². The van der Waals surface area contributed by atoms with Crippen molar-refractivity contribution in [2.45, 2.75) is 31.9 Å². The second kappa shape index (κ2) is 7.17. The average molecular weight is 281 g/mol. The van der Waals surface area contributed by atoms with Gasteiger partial charge in [-0.3, -0.25) is 0 Å². The Hall–Kier alpha value is -0.710. The molecule has 1 fully saturated rings. The van der Waals surface area contributed by atoms with Crippen molar-refractivity contribution in [3.63, 3.8) is 0 Å². The first-order valence-electron chi connectivity index (χ1n) is 6.94. The number of benzene rings is 1. The molecular formula is C15H23NO2S. The molecule has 3 nitrogen and oxygen atoms in total. The lowest BCUT2D eigenvalue weighted by Crippen LogP contribution is -2.40. The lowest BCUT2D eigenvalue weighted by Gasteiger charge is -2.21. The zero-order chi connectivity index (χ0) is 13.6. The topological polar surface area (TPSA) is 41.5 Å². The van der Waals surface area contributed by atoms with Gasteiger partial charge in [0.2, 0.25) is 0 Å². The summed E-state index contributed by atoms with van der Waals surface area (Å²) in [5.74, 6) is 2.84. The molecule has 4 heteroatoms. The van der Waals surface area contributed by atoms with Crippen LogP contribution in [-0.4, -0.2) is 35.4 Å². The van der Waals surface area contributed by atoms with E-state index in [0.717, 1.165) is 43.2 Å². The first kappa shape index (κ1) is 14.7. The summed E-state index contributed by atoms with van der Waals surface area (Å²) in [6.45, 7) is 4.30. The third-order valence-corrected chi connectivity index (χ3v) is 4.47. The lowest BCUT2D eigenvalue weighted by molar-refractivity contribution is 0.0674. The Morgan fingerprint density at radius 3 is 3.11 bits per heavy atom. The van der Waals surface area contributed by atoms with Gasteiger partial charge in [0.15, 0.2) is 0 Å². The van der Waals surface area contributed by atoms with E-state index in [4.69, 9.17) is 4.74 Å². The summed E-state index contributed by atoms with van der Waals surface area (Å²) in [5, 5.41) is 13.6. The number of ether oxygens (including phenoxy) is 1. The molecule has 1 atom stereocenters. The van der Waals surface area contributed by atoms with Crippen molar-refractivity contribution in [2.24, 2.45) is 0 Å². The van der Waals surface area contributed by atoms with E-state index in [1.165, 1.54) is 5.56 Å². The molecule has 1 aromatic rings. The molecule has 0 radical (unpaired) electrons. The Kier molecular flexibility index (Phi) is 5.55. The van der Waals surface area contributed by atoms with Gasteiger partial charge in [0, 0.05) is 18.8 Å². The molecule has 2 N–H and O–H groups in total. The predicted molar refractivity (Wildman–Crippen MR) is 80.8 cm³/mol. The number of hydrogen-bond donors (Lipinski definition) is 2. The molecule has 0 aliphatic carbocycles. The van der Waals surface area contributed by atoms with Crippen molar-refractivity contribution < 1.29 is 9.84 Å². The van der Waals surface area contributed by atoms with Crippen molar-refractivity contribution >= 4 is 11.8 Å².